The molecule has 0 aromatic carbocycles. The maximum atomic E-state index is 8.61. The third kappa shape index (κ3) is 220. The zero-order valence-electron chi connectivity index (χ0n) is 5.66. The molecule has 0 radical (unpaired) electrons. The molecule has 0 aliphatic rings. The molecule has 0 amide bonds. The van der Waals surface area contributed by atoms with Crippen LogP contribution in [0.25, 0.3) is 0 Å². The Morgan fingerprint density at radius 3 is 0.538 bits per heavy atom. The van der Waals surface area contributed by atoms with Gasteiger partial charge in [0.15, 0.2) is 0 Å². The van der Waals surface area contributed by atoms with Crippen LogP contribution in [0.5, 0.6) is 0 Å². The van der Waals surface area contributed by atoms with E-state index in [1.165, 1.54) is 0 Å². The van der Waals surface area contributed by atoms with E-state index in [9.17, 15) is 0 Å². The van der Waals surface area contributed by atoms with E-state index in [0.717, 1.165) is 0 Å². The average Bonchev–Trinajstić information content (AvgIpc) is 1.12. The quantitative estimate of drug-likeness (QED) is 0.216. The second kappa shape index (κ2) is 13.7. The fraction of sp³-hybridized carbons (Fsp3) is 0. The summed E-state index contributed by atoms with van der Waals surface area (Å²) in [5.74, 6) is 0. The first kappa shape index (κ1) is 30.0. The summed E-state index contributed by atoms with van der Waals surface area (Å²) in [6.45, 7) is 0. The Bertz CT molecular complexity index is 130. The van der Waals surface area contributed by atoms with Gasteiger partial charge in [0.1, 0.15) is 0 Å². The molecule has 0 saturated heterocycles. The Morgan fingerprint density at radius 1 is 0.538 bits per heavy atom. The number of rotatable bonds is 0. The van der Waals surface area contributed by atoms with Crippen LogP contribution in [0.2, 0.25) is 0 Å². The molecule has 8 nitrogen and oxygen atoms in total. The summed E-state index contributed by atoms with van der Waals surface area (Å²) in [5, 5.41) is 0. The Hall–Kier alpha value is 3.63. The molecule has 0 spiro atoms. The molecule has 0 heterocycles. The van der Waals surface area contributed by atoms with E-state index in [4.69, 9.17) is 32.1 Å². The minimum Gasteiger partial charge on any atom is 2.00 e. The third-order valence-corrected chi connectivity index (χ3v) is 0. The van der Waals surface area contributed by atoms with Crippen LogP contribution in [0.1, 0.15) is 0 Å². The molecule has 13 heavy (non-hydrogen) atoms. The summed E-state index contributed by atoms with van der Waals surface area (Å²) >= 11 is -11.8. The molecule has 0 fully saturated rings. The van der Waals surface area contributed by atoms with Crippen molar-refractivity contribution >= 4 is 29.0 Å². The van der Waals surface area contributed by atoms with E-state index in [2.05, 4.69) is 0 Å². The molecular weight excluding hydrogens is 992 g/mol. The Balaban J connectivity index is -0.0000000267. The van der Waals surface area contributed by atoms with Crippen LogP contribution in [0.3, 0.4) is 0 Å². The summed E-state index contributed by atoms with van der Waals surface area (Å²) in [4.78, 5) is 0. The summed E-state index contributed by atoms with van der Waals surface area (Å²) in [7, 11) is 0. The van der Waals surface area contributed by atoms with E-state index in [1.54, 1.807) is 0 Å². The van der Waals surface area contributed by atoms with Gasteiger partial charge in [-0.1, -0.05) is 0 Å². The van der Waals surface area contributed by atoms with Crippen LogP contribution in [0.15, 0.2) is 0 Å². The first-order valence-corrected chi connectivity index (χ1v) is 7.59. The zero-order valence-corrected chi connectivity index (χ0v) is 21.9. The van der Waals surface area contributed by atoms with Crippen LogP contribution >= 0.6 is 0 Å². The molecule has 0 aliphatic carbocycles. The van der Waals surface area contributed by atoms with E-state index in [1.807, 2.05) is 0 Å². The first-order valence-electron chi connectivity index (χ1n) is 1.46. The predicted octanol–water partition coefficient (Wildman–Crippen LogP) is -8.13. The SMILES string of the molecule is O=[As]([O-])([O-])[O-].O=[As]([O-])([O-])[O-].[U+2].[U+2].[U+2]. The van der Waals surface area contributed by atoms with Crippen molar-refractivity contribution in [1.29, 1.82) is 0 Å². The fourth-order valence-electron chi connectivity index (χ4n) is 0. The number of hydrogen-bond acceptors (Lipinski definition) is 8. The average molecular weight is 992 g/mol. The second-order valence-electron chi connectivity index (χ2n) is 0.894. The molecular formula is As2O8U3. The van der Waals surface area contributed by atoms with Gasteiger partial charge in [0.05, 0.1) is 0 Å². The normalized spacial score (nSPS) is 9.08. The minimum atomic E-state index is -5.88. The van der Waals surface area contributed by atoms with Crippen molar-refractivity contribution in [2.24, 2.45) is 0 Å². The summed E-state index contributed by atoms with van der Waals surface area (Å²) < 4.78 is 68.9. The van der Waals surface area contributed by atoms with Crippen molar-refractivity contribution in [3.8, 4) is 0 Å². The third-order valence-electron chi connectivity index (χ3n) is 0. The van der Waals surface area contributed by atoms with E-state index in [0.29, 0.717) is 0 Å². The van der Waals surface area contributed by atoms with Gasteiger partial charge in [-0.05, 0) is 0 Å². The Labute approximate surface area is 151 Å². The molecule has 0 aromatic rings. The van der Waals surface area contributed by atoms with Gasteiger partial charge in [-0.2, -0.15) is 0 Å². The van der Waals surface area contributed by atoms with Crippen LogP contribution in [0, 0.1) is 93.3 Å². The van der Waals surface area contributed by atoms with Gasteiger partial charge in [-0.25, -0.2) is 0 Å². The van der Waals surface area contributed by atoms with Crippen LogP contribution in [-0.4, -0.2) is 29.0 Å². The minimum absolute atomic E-state index is 0. The smallest absolute Gasteiger partial charge is 2.00 e. The van der Waals surface area contributed by atoms with Crippen molar-refractivity contribution in [3.63, 3.8) is 0 Å². The van der Waals surface area contributed by atoms with Crippen molar-refractivity contribution in [2.45, 2.75) is 0 Å². The van der Waals surface area contributed by atoms with Crippen molar-refractivity contribution in [2.75, 3.05) is 0 Å². The summed E-state index contributed by atoms with van der Waals surface area (Å²) in [6, 6.07) is 0. The molecule has 0 bridgehead atoms. The molecule has 0 aliphatic heterocycles. The maximum absolute atomic E-state index is 8.61. The number of hydrogen-bond donors (Lipinski definition) is 0. The molecule has 0 aromatic heterocycles. The summed E-state index contributed by atoms with van der Waals surface area (Å²) in [6.07, 6.45) is 0. The molecule has 13 heteroatoms. The Kier molecular flexibility index (Phi) is 31.6. The zero-order chi connectivity index (χ0) is 9.00. The summed E-state index contributed by atoms with van der Waals surface area (Å²) in [5.41, 5.74) is 0. The topological polar surface area (TPSA) is 172 Å². The van der Waals surface area contributed by atoms with Crippen LogP contribution in [0.4, 0.5) is 0 Å². The first-order chi connectivity index (χ1) is 4.00. The van der Waals surface area contributed by atoms with Gasteiger partial charge < -0.3 is 0 Å². The Morgan fingerprint density at radius 2 is 0.538 bits per heavy atom. The molecule has 70 valence electrons. The second-order valence-corrected chi connectivity index (χ2v) is 4.65. The van der Waals surface area contributed by atoms with Crippen molar-refractivity contribution < 1.29 is 125 Å². The van der Waals surface area contributed by atoms with Gasteiger partial charge >= 0.3 is 154 Å². The van der Waals surface area contributed by atoms with Gasteiger partial charge in [0.2, 0.25) is 0 Å². The van der Waals surface area contributed by atoms with Gasteiger partial charge in [0, 0.05) is 0 Å². The predicted molar refractivity (Wildman–Crippen MR) is 12.9 cm³/mol. The van der Waals surface area contributed by atoms with Crippen molar-refractivity contribution in [1.82, 2.24) is 0 Å². The molecule has 0 rings (SSSR count). The van der Waals surface area contributed by atoms with E-state index < -0.39 is 29.0 Å². The molecule has 0 atom stereocenters. The largest absolute Gasteiger partial charge is 2.00 e. The molecule has 0 N–H and O–H groups in total. The van der Waals surface area contributed by atoms with E-state index in [-0.39, 0.29) is 93.3 Å². The van der Waals surface area contributed by atoms with Crippen LogP contribution in [-0.2, 0) is 7.48 Å². The standard InChI is InChI=1S/2AsH3O4.3U/c2*2-1(3,4)5;;;/h2*(H3,2,3,4,5);;;/q;;3*+2/p-6. The molecule has 0 saturated carbocycles. The van der Waals surface area contributed by atoms with Gasteiger partial charge in [0.25, 0.3) is 0 Å². The van der Waals surface area contributed by atoms with Gasteiger partial charge in [-0.3, -0.25) is 0 Å². The monoisotopic (exact) mass is 992 g/mol. The van der Waals surface area contributed by atoms with Gasteiger partial charge in [-0.15, -0.1) is 0 Å². The molecule has 0 unspecified atom stereocenters. The van der Waals surface area contributed by atoms with Crippen LogP contribution < -0.4 is 24.6 Å². The van der Waals surface area contributed by atoms with Crippen molar-refractivity contribution in [3.05, 3.63) is 0 Å². The fourth-order valence-corrected chi connectivity index (χ4v) is 0. The maximum Gasteiger partial charge on any atom is 2.00 e. The van der Waals surface area contributed by atoms with E-state index >= 15 is 0 Å².